The second-order valence-electron chi connectivity index (χ2n) is 11.1. The van der Waals surface area contributed by atoms with Gasteiger partial charge in [-0.05, 0) is 30.5 Å². The maximum Gasteiger partial charge on any atom is 0.252 e. The van der Waals surface area contributed by atoms with Crippen LogP contribution in [-0.4, -0.2) is 71.8 Å². The van der Waals surface area contributed by atoms with E-state index >= 15 is 0 Å². The normalized spacial score (nSPS) is 16.7. The van der Waals surface area contributed by atoms with Gasteiger partial charge in [0, 0.05) is 12.4 Å². The Morgan fingerprint density at radius 2 is 1.54 bits per heavy atom. The first-order valence-corrected chi connectivity index (χ1v) is 13.7. The third kappa shape index (κ3) is 8.99. The van der Waals surface area contributed by atoms with Crippen molar-refractivity contribution in [1.29, 1.82) is 0 Å². The average Bonchev–Trinajstić information content (AvgIpc) is 2.96. The molecule has 1 aliphatic rings. The molecule has 0 aliphatic carbocycles. The van der Waals surface area contributed by atoms with Crippen molar-refractivity contribution >= 4 is 23.6 Å². The number of carbonyl (C=O) groups excluding carboxylic acids is 4. The number of ether oxygens (including phenoxy) is 1. The highest BCUT2D eigenvalue weighted by Crippen LogP contribution is 2.20. The quantitative estimate of drug-likeness (QED) is 0.364. The summed E-state index contributed by atoms with van der Waals surface area (Å²) in [6, 6.07) is 16.8. The number of hydrogen-bond acceptors (Lipinski definition) is 6. The molecular weight excluding hydrogens is 522 g/mol. The predicted molar refractivity (Wildman–Crippen MR) is 156 cm³/mol. The molecule has 0 fully saturated rings. The highest BCUT2D eigenvalue weighted by molar-refractivity contribution is 5.94. The van der Waals surface area contributed by atoms with Gasteiger partial charge in [0.2, 0.25) is 17.7 Å². The number of likely N-dealkylation sites (N-methyl/N-ethyl adjacent to an activating group) is 1. The van der Waals surface area contributed by atoms with Gasteiger partial charge in [0.05, 0.1) is 32.3 Å². The maximum atomic E-state index is 13.5. The van der Waals surface area contributed by atoms with E-state index in [9.17, 15) is 19.2 Å². The first-order valence-electron chi connectivity index (χ1n) is 13.7. The van der Waals surface area contributed by atoms with Crippen LogP contribution in [0.4, 0.5) is 0 Å². The van der Waals surface area contributed by atoms with Gasteiger partial charge in [0.1, 0.15) is 12.1 Å². The van der Waals surface area contributed by atoms with Crippen LogP contribution in [0, 0.1) is 5.41 Å². The number of benzene rings is 2. The first kappa shape index (κ1) is 31.5. The van der Waals surface area contributed by atoms with Crippen LogP contribution in [0.2, 0.25) is 0 Å². The number of nitrogens with one attached hydrogen (secondary N) is 3. The van der Waals surface area contributed by atoms with Crippen LogP contribution < -0.4 is 16.0 Å². The number of nitrogens with zero attached hydrogens (tertiary/aromatic N) is 2. The van der Waals surface area contributed by atoms with Crippen LogP contribution in [0.15, 0.2) is 73.1 Å². The molecule has 0 aromatic heterocycles. The molecule has 1 aliphatic heterocycles. The Hall–Kier alpha value is -4.02. The average molecular weight is 564 g/mol. The molecule has 3 atom stereocenters. The molecule has 0 radical (unpaired) electrons. The number of hydrogen-bond donors (Lipinski definition) is 3. The Morgan fingerprint density at radius 3 is 2.12 bits per heavy atom. The third-order valence-corrected chi connectivity index (χ3v) is 6.84. The minimum Gasteiger partial charge on any atom is -0.374 e. The Labute approximate surface area is 242 Å². The van der Waals surface area contributed by atoms with Crippen LogP contribution in [-0.2, 0) is 37.1 Å². The molecule has 3 rings (SSSR count). The highest BCUT2D eigenvalue weighted by atomic mass is 16.5. The molecule has 10 nitrogen and oxygen atoms in total. The molecule has 0 spiro atoms. The lowest BCUT2D eigenvalue weighted by molar-refractivity contribution is -0.146. The van der Waals surface area contributed by atoms with Gasteiger partial charge in [-0.3, -0.25) is 19.2 Å². The van der Waals surface area contributed by atoms with Gasteiger partial charge in [-0.2, -0.15) is 0 Å². The summed E-state index contributed by atoms with van der Waals surface area (Å²) in [6.07, 6.45) is 3.12. The second kappa shape index (κ2) is 14.6. The zero-order valence-corrected chi connectivity index (χ0v) is 24.4. The van der Waals surface area contributed by atoms with Crippen LogP contribution >= 0.6 is 0 Å². The van der Waals surface area contributed by atoms with Gasteiger partial charge in [-0.1, -0.05) is 81.4 Å². The third-order valence-electron chi connectivity index (χ3n) is 6.84. The van der Waals surface area contributed by atoms with E-state index in [1.807, 2.05) is 81.4 Å². The van der Waals surface area contributed by atoms with Crippen molar-refractivity contribution in [2.45, 2.75) is 59.0 Å². The summed E-state index contributed by atoms with van der Waals surface area (Å²) in [5.41, 5.74) is 1.29. The van der Waals surface area contributed by atoms with E-state index in [0.29, 0.717) is 6.54 Å². The molecule has 0 unspecified atom stereocenters. The van der Waals surface area contributed by atoms with Gasteiger partial charge in [-0.25, -0.2) is 0 Å². The summed E-state index contributed by atoms with van der Waals surface area (Å²) in [4.78, 5) is 55.3. The van der Waals surface area contributed by atoms with E-state index in [0.717, 1.165) is 11.1 Å². The van der Waals surface area contributed by atoms with E-state index in [-0.39, 0.29) is 31.6 Å². The number of rotatable bonds is 12. The maximum absolute atomic E-state index is 13.5. The second-order valence-corrected chi connectivity index (χ2v) is 11.1. The molecular formula is C31H41N5O5. The lowest BCUT2D eigenvalue weighted by atomic mass is 9.86. The van der Waals surface area contributed by atoms with E-state index in [2.05, 4.69) is 16.0 Å². The molecule has 2 aromatic rings. The highest BCUT2D eigenvalue weighted by Gasteiger charge is 2.37. The van der Waals surface area contributed by atoms with E-state index in [1.54, 1.807) is 31.3 Å². The van der Waals surface area contributed by atoms with Crippen molar-refractivity contribution in [3.05, 3.63) is 84.2 Å². The fraction of sp³-hybridized carbons (Fsp3) is 0.419. The van der Waals surface area contributed by atoms with Crippen molar-refractivity contribution < 1.29 is 23.9 Å². The van der Waals surface area contributed by atoms with Crippen molar-refractivity contribution in [2.75, 3.05) is 20.2 Å². The smallest absolute Gasteiger partial charge is 0.252 e. The molecule has 3 N–H and O–H groups in total. The number of amides is 4. The van der Waals surface area contributed by atoms with Gasteiger partial charge in [0.25, 0.3) is 5.91 Å². The summed E-state index contributed by atoms with van der Waals surface area (Å²) < 4.78 is 5.88. The van der Waals surface area contributed by atoms with Crippen LogP contribution in [0.3, 0.4) is 0 Å². The van der Waals surface area contributed by atoms with E-state index in [4.69, 9.17) is 4.74 Å². The Kier molecular flexibility index (Phi) is 11.2. The zero-order valence-electron chi connectivity index (χ0n) is 24.4. The standard InChI is InChI=1S/C31H41N5O5/c1-22(32-5)28(38)34-27(31(2,3)4)29(39)33-18-26(37)36-17-16-35(19-23-12-8-6-9-13-23)30(40)25(36)21-41-20-24-14-10-7-11-15-24/h6-17,22,25,27,32H,18-21H2,1-5H3,(H,33,39)(H,34,38)/t22-,25-,27+/m0/s1. The zero-order chi connectivity index (χ0) is 30.0. The summed E-state index contributed by atoms with van der Waals surface area (Å²) >= 11 is 0. The van der Waals surface area contributed by atoms with Crippen molar-refractivity contribution in [1.82, 2.24) is 25.8 Å². The summed E-state index contributed by atoms with van der Waals surface area (Å²) in [7, 11) is 1.66. The fourth-order valence-corrected chi connectivity index (χ4v) is 4.25. The predicted octanol–water partition coefficient (Wildman–Crippen LogP) is 2.17. The lowest BCUT2D eigenvalue weighted by Gasteiger charge is -2.36. The van der Waals surface area contributed by atoms with E-state index < -0.39 is 35.4 Å². The van der Waals surface area contributed by atoms with Crippen LogP contribution in [0.1, 0.15) is 38.8 Å². The lowest BCUT2D eigenvalue weighted by Crippen LogP contribution is -2.58. The summed E-state index contributed by atoms with van der Waals surface area (Å²) in [6.45, 7) is 7.44. The molecule has 10 heteroatoms. The SMILES string of the molecule is CN[C@@H](C)C(=O)N[C@H](C(=O)NCC(=O)N1C=CN(Cc2ccccc2)C(=O)[C@@H]1COCc1ccccc1)C(C)(C)C. The van der Waals surface area contributed by atoms with Gasteiger partial charge < -0.3 is 30.5 Å². The first-order chi connectivity index (χ1) is 19.5. The molecule has 0 bridgehead atoms. The molecule has 220 valence electrons. The minimum atomic E-state index is -0.911. The minimum absolute atomic E-state index is 0.0222. The monoisotopic (exact) mass is 563 g/mol. The van der Waals surface area contributed by atoms with Crippen LogP contribution in [0.25, 0.3) is 0 Å². The Balaban J connectivity index is 1.72. The van der Waals surface area contributed by atoms with E-state index in [1.165, 1.54) is 4.90 Å². The fourth-order valence-electron chi connectivity index (χ4n) is 4.25. The summed E-state index contributed by atoms with van der Waals surface area (Å²) in [5, 5.41) is 8.27. The van der Waals surface area contributed by atoms with Crippen molar-refractivity contribution in [3.8, 4) is 0 Å². The summed E-state index contributed by atoms with van der Waals surface area (Å²) in [5.74, 6) is -1.58. The largest absolute Gasteiger partial charge is 0.374 e. The topological polar surface area (TPSA) is 120 Å². The molecule has 1 heterocycles. The van der Waals surface area contributed by atoms with Crippen molar-refractivity contribution in [2.24, 2.45) is 5.41 Å². The van der Waals surface area contributed by atoms with Crippen molar-refractivity contribution in [3.63, 3.8) is 0 Å². The molecule has 4 amide bonds. The number of carbonyl (C=O) groups is 4. The Bertz CT molecular complexity index is 1210. The molecule has 2 aromatic carbocycles. The van der Waals surface area contributed by atoms with Gasteiger partial charge in [0.15, 0.2) is 0 Å². The molecule has 0 saturated heterocycles. The Morgan fingerprint density at radius 1 is 0.927 bits per heavy atom. The van der Waals surface area contributed by atoms with Crippen LogP contribution in [0.5, 0.6) is 0 Å². The van der Waals surface area contributed by atoms with Gasteiger partial charge in [-0.15, -0.1) is 0 Å². The molecule has 0 saturated carbocycles. The van der Waals surface area contributed by atoms with Gasteiger partial charge >= 0.3 is 0 Å². The molecule has 41 heavy (non-hydrogen) atoms.